The van der Waals surface area contributed by atoms with Crippen LogP contribution in [0.5, 0.6) is 5.75 Å². The topological polar surface area (TPSA) is 48.1 Å². The Morgan fingerprint density at radius 1 is 1.32 bits per heavy atom. The summed E-state index contributed by atoms with van der Waals surface area (Å²) in [7, 11) is 0. The zero-order valence-corrected chi connectivity index (χ0v) is 11.4. The Bertz CT molecular complexity index is 587. The molecule has 3 nitrogen and oxygen atoms in total. The highest BCUT2D eigenvalue weighted by Crippen LogP contribution is 2.32. The van der Waals surface area contributed by atoms with Crippen molar-refractivity contribution >= 4 is 22.5 Å². The summed E-state index contributed by atoms with van der Waals surface area (Å²) >= 11 is 5.99. The van der Waals surface area contributed by atoms with Gasteiger partial charge in [-0.1, -0.05) is 11.6 Å². The van der Waals surface area contributed by atoms with Gasteiger partial charge in [0, 0.05) is 22.5 Å². The Morgan fingerprint density at radius 3 is 3.05 bits per heavy atom. The summed E-state index contributed by atoms with van der Waals surface area (Å²) in [5.41, 5.74) is 6.67. The number of aromatic nitrogens is 1. The molecule has 0 amide bonds. The monoisotopic (exact) mass is 276 g/mol. The van der Waals surface area contributed by atoms with Gasteiger partial charge in [0.1, 0.15) is 11.9 Å². The minimum Gasteiger partial charge on any atom is -0.489 e. The summed E-state index contributed by atoms with van der Waals surface area (Å²) in [4.78, 5) is 4.33. The van der Waals surface area contributed by atoms with Crippen LogP contribution in [-0.4, -0.2) is 17.6 Å². The Morgan fingerprint density at radius 2 is 2.21 bits per heavy atom. The van der Waals surface area contributed by atoms with Crippen molar-refractivity contribution in [1.82, 2.24) is 4.98 Å². The van der Waals surface area contributed by atoms with E-state index in [9.17, 15) is 0 Å². The molecule has 0 radical (unpaired) electrons. The van der Waals surface area contributed by atoms with Crippen LogP contribution in [0, 0.1) is 5.92 Å². The fourth-order valence-electron chi connectivity index (χ4n) is 2.79. The van der Waals surface area contributed by atoms with Gasteiger partial charge in [0.2, 0.25) is 0 Å². The Hall–Kier alpha value is -1.32. The molecule has 1 aliphatic carbocycles. The highest BCUT2D eigenvalue weighted by molar-refractivity contribution is 6.31. The molecule has 0 bridgehead atoms. The Kier molecular flexibility index (Phi) is 3.58. The van der Waals surface area contributed by atoms with Crippen LogP contribution in [0.2, 0.25) is 5.02 Å². The molecule has 19 heavy (non-hydrogen) atoms. The van der Waals surface area contributed by atoms with Gasteiger partial charge < -0.3 is 10.5 Å². The third-order valence-electron chi connectivity index (χ3n) is 3.84. The molecule has 100 valence electrons. The quantitative estimate of drug-likeness (QED) is 0.935. The van der Waals surface area contributed by atoms with Crippen molar-refractivity contribution in [3.63, 3.8) is 0 Å². The fraction of sp³-hybridized carbons (Fsp3) is 0.400. The summed E-state index contributed by atoms with van der Waals surface area (Å²) in [5.74, 6) is 1.35. The van der Waals surface area contributed by atoms with Crippen LogP contribution in [-0.2, 0) is 0 Å². The molecule has 2 unspecified atom stereocenters. The third-order valence-corrected chi connectivity index (χ3v) is 4.07. The van der Waals surface area contributed by atoms with Crippen molar-refractivity contribution < 1.29 is 4.74 Å². The second-order valence-corrected chi connectivity index (χ2v) is 5.49. The van der Waals surface area contributed by atoms with Crippen molar-refractivity contribution in [2.75, 3.05) is 6.54 Å². The predicted octanol–water partition coefficient (Wildman–Crippen LogP) is 3.39. The molecule has 1 aromatic carbocycles. The van der Waals surface area contributed by atoms with E-state index in [1.54, 1.807) is 6.20 Å². The van der Waals surface area contributed by atoms with E-state index in [0.717, 1.165) is 29.5 Å². The van der Waals surface area contributed by atoms with E-state index in [1.807, 2.05) is 24.3 Å². The van der Waals surface area contributed by atoms with Crippen LogP contribution in [0.1, 0.15) is 19.3 Å². The second kappa shape index (κ2) is 5.35. The highest BCUT2D eigenvalue weighted by Gasteiger charge is 2.28. The first-order valence-corrected chi connectivity index (χ1v) is 7.06. The maximum absolute atomic E-state index is 6.17. The largest absolute Gasteiger partial charge is 0.489 e. The Labute approximate surface area is 117 Å². The van der Waals surface area contributed by atoms with Crippen molar-refractivity contribution in [3.8, 4) is 5.75 Å². The molecule has 1 aliphatic rings. The number of hydrogen-bond acceptors (Lipinski definition) is 3. The van der Waals surface area contributed by atoms with E-state index < -0.39 is 0 Å². The third kappa shape index (κ3) is 2.53. The average Bonchev–Trinajstić information content (AvgIpc) is 2.86. The molecule has 0 saturated heterocycles. The van der Waals surface area contributed by atoms with E-state index in [-0.39, 0.29) is 6.10 Å². The molecule has 1 saturated carbocycles. The van der Waals surface area contributed by atoms with Gasteiger partial charge in [0.25, 0.3) is 0 Å². The minimum atomic E-state index is 0.228. The fourth-order valence-corrected chi connectivity index (χ4v) is 2.95. The lowest BCUT2D eigenvalue weighted by atomic mass is 10.1. The summed E-state index contributed by atoms with van der Waals surface area (Å²) in [5, 5.41) is 1.70. The van der Waals surface area contributed by atoms with Crippen molar-refractivity contribution in [3.05, 3.63) is 35.5 Å². The number of pyridine rings is 1. The van der Waals surface area contributed by atoms with E-state index in [1.165, 1.54) is 6.42 Å². The lowest BCUT2D eigenvalue weighted by molar-refractivity contribution is 0.164. The van der Waals surface area contributed by atoms with E-state index in [4.69, 9.17) is 22.1 Å². The zero-order valence-electron chi connectivity index (χ0n) is 10.7. The number of hydrogen-bond donors (Lipinski definition) is 1. The number of fused-ring (bicyclic) bond motifs is 1. The molecule has 4 heteroatoms. The first kappa shape index (κ1) is 12.7. The van der Waals surface area contributed by atoms with Crippen LogP contribution >= 0.6 is 11.6 Å². The number of rotatable bonds is 3. The molecule has 2 N–H and O–H groups in total. The van der Waals surface area contributed by atoms with Crippen molar-refractivity contribution in [2.45, 2.75) is 25.4 Å². The highest BCUT2D eigenvalue weighted by atomic mass is 35.5. The van der Waals surface area contributed by atoms with Gasteiger partial charge in [-0.25, -0.2) is 0 Å². The van der Waals surface area contributed by atoms with Crippen LogP contribution in [0.25, 0.3) is 10.9 Å². The van der Waals surface area contributed by atoms with Gasteiger partial charge in [0.15, 0.2) is 0 Å². The van der Waals surface area contributed by atoms with Gasteiger partial charge >= 0.3 is 0 Å². The summed E-state index contributed by atoms with van der Waals surface area (Å²) in [6.07, 6.45) is 5.43. The van der Waals surface area contributed by atoms with Crippen molar-refractivity contribution in [1.29, 1.82) is 0 Å². The molecular formula is C15H17ClN2O. The maximum atomic E-state index is 6.17. The number of halogens is 1. The maximum Gasteiger partial charge on any atom is 0.130 e. The van der Waals surface area contributed by atoms with Gasteiger partial charge in [0.05, 0.1) is 5.52 Å². The van der Waals surface area contributed by atoms with Crippen LogP contribution in [0.4, 0.5) is 0 Å². The van der Waals surface area contributed by atoms with E-state index in [0.29, 0.717) is 17.5 Å². The van der Waals surface area contributed by atoms with Crippen LogP contribution < -0.4 is 10.5 Å². The standard InChI is InChI=1S/C15H17ClN2O/c16-11-4-5-12-13(8-11)18-7-6-15(12)19-14-3-1-2-10(14)9-17/h4-8,10,14H,1-3,9,17H2. The van der Waals surface area contributed by atoms with Gasteiger partial charge in [-0.2, -0.15) is 0 Å². The molecule has 0 spiro atoms. The number of ether oxygens (including phenoxy) is 1. The number of nitrogens with zero attached hydrogens (tertiary/aromatic N) is 1. The molecule has 1 heterocycles. The van der Waals surface area contributed by atoms with Gasteiger partial charge in [-0.15, -0.1) is 0 Å². The summed E-state index contributed by atoms with van der Waals surface area (Å²) < 4.78 is 6.17. The number of nitrogens with two attached hydrogens (primary N) is 1. The smallest absolute Gasteiger partial charge is 0.130 e. The predicted molar refractivity (Wildman–Crippen MR) is 77.6 cm³/mol. The summed E-state index contributed by atoms with van der Waals surface area (Å²) in [6.45, 7) is 0.694. The molecule has 0 aliphatic heterocycles. The second-order valence-electron chi connectivity index (χ2n) is 5.05. The molecular weight excluding hydrogens is 260 g/mol. The molecule has 2 atom stereocenters. The van der Waals surface area contributed by atoms with Gasteiger partial charge in [-0.05, 0) is 50.1 Å². The summed E-state index contributed by atoms with van der Waals surface area (Å²) in [6, 6.07) is 7.61. The van der Waals surface area contributed by atoms with Crippen LogP contribution in [0.3, 0.4) is 0 Å². The van der Waals surface area contributed by atoms with E-state index >= 15 is 0 Å². The molecule has 3 rings (SSSR count). The van der Waals surface area contributed by atoms with Crippen molar-refractivity contribution in [2.24, 2.45) is 11.7 Å². The average molecular weight is 277 g/mol. The van der Waals surface area contributed by atoms with Crippen LogP contribution in [0.15, 0.2) is 30.5 Å². The Balaban J connectivity index is 1.92. The zero-order chi connectivity index (χ0) is 13.2. The van der Waals surface area contributed by atoms with Gasteiger partial charge in [-0.3, -0.25) is 4.98 Å². The lowest BCUT2D eigenvalue weighted by Gasteiger charge is -2.20. The van der Waals surface area contributed by atoms with E-state index in [2.05, 4.69) is 4.98 Å². The molecule has 1 aromatic heterocycles. The SMILES string of the molecule is NCC1CCCC1Oc1ccnc2cc(Cl)ccc12. The molecule has 2 aromatic rings. The lowest BCUT2D eigenvalue weighted by Crippen LogP contribution is -2.27. The number of benzene rings is 1. The first-order chi connectivity index (χ1) is 9.28. The minimum absolute atomic E-state index is 0.228. The normalized spacial score (nSPS) is 22.8. The first-order valence-electron chi connectivity index (χ1n) is 6.69. The molecule has 1 fully saturated rings.